The predicted octanol–water partition coefficient (Wildman–Crippen LogP) is 1.31. The molecule has 1 atom stereocenters. The molecule has 8 heteroatoms. The minimum atomic E-state index is -3.71. The molecule has 0 saturated carbocycles. The number of nitrogen functional groups attached to an aromatic ring is 1. The third kappa shape index (κ3) is 4.05. The summed E-state index contributed by atoms with van der Waals surface area (Å²) in [6.07, 6.45) is 1.88. The van der Waals surface area contributed by atoms with Gasteiger partial charge in [-0.15, -0.1) is 0 Å². The molecule has 0 saturated heterocycles. The van der Waals surface area contributed by atoms with Gasteiger partial charge in [0.2, 0.25) is 10.0 Å². The molecular formula is C12H21ClN4O2S. The van der Waals surface area contributed by atoms with E-state index in [9.17, 15) is 8.42 Å². The Hall–Kier alpha value is -0.890. The molecule has 6 nitrogen and oxygen atoms in total. The van der Waals surface area contributed by atoms with E-state index in [0.29, 0.717) is 18.9 Å². The first-order valence-electron chi connectivity index (χ1n) is 6.29. The molecule has 0 bridgehead atoms. The minimum Gasteiger partial charge on any atom is -0.383 e. The van der Waals surface area contributed by atoms with Gasteiger partial charge in [-0.05, 0) is 18.4 Å². The smallest absolute Gasteiger partial charge is 0.246 e. The standard InChI is InChI=1S/C12H21ClN4O2S/c1-8(2)10(14)4-5-17(3)20(18,19)11-6-9(13)7-16-12(11)15/h6-8,10H,4-5,14H2,1-3H3,(H2,15,16). The zero-order valence-corrected chi connectivity index (χ0v) is 13.4. The Bertz CT molecular complexity index is 563. The lowest BCUT2D eigenvalue weighted by Gasteiger charge is -2.21. The lowest BCUT2D eigenvalue weighted by Crippen LogP contribution is -2.35. The largest absolute Gasteiger partial charge is 0.383 e. The van der Waals surface area contributed by atoms with Crippen LogP contribution in [0.5, 0.6) is 0 Å². The molecule has 0 spiro atoms. The van der Waals surface area contributed by atoms with Crippen molar-refractivity contribution >= 4 is 27.4 Å². The normalized spacial score (nSPS) is 13.9. The average Bonchev–Trinajstić information content (AvgIpc) is 2.37. The highest BCUT2D eigenvalue weighted by Gasteiger charge is 2.25. The number of anilines is 1. The monoisotopic (exact) mass is 320 g/mol. The first-order valence-corrected chi connectivity index (χ1v) is 8.11. The number of hydrogen-bond donors (Lipinski definition) is 2. The van der Waals surface area contributed by atoms with Crippen molar-refractivity contribution in [3.8, 4) is 0 Å². The molecular weight excluding hydrogens is 300 g/mol. The highest BCUT2D eigenvalue weighted by molar-refractivity contribution is 7.89. The molecule has 1 aromatic heterocycles. The molecule has 4 N–H and O–H groups in total. The lowest BCUT2D eigenvalue weighted by molar-refractivity contribution is 0.397. The van der Waals surface area contributed by atoms with Crippen LogP contribution in [0.25, 0.3) is 0 Å². The number of sulfonamides is 1. The van der Waals surface area contributed by atoms with Crippen molar-refractivity contribution < 1.29 is 8.42 Å². The molecule has 0 aliphatic rings. The molecule has 0 aliphatic carbocycles. The Morgan fingerprint density at radius 2 is 2.05 bits per heavy atom. The van der Waals surface area contributed by atoms with Gasteiger partial charge >= 0.3 is 0 Å². The van der Waals surface area contributed by atoms with E-state index in [-0.39, 0.29) is 21.8 Å². The molecule has 1 heterocycles. The molecule has 0 fully saturated rings. The number of aromatic nitrogens is 1. The van der Waals surface area contributed by atoms with Crippen LogP contribution in [0, 0.1) is 5.92 Å². The zero-order chi connectivity index (χ0) is 15.5. The fraction of sp³-hybridized carbons (Fsp3) is 0.583. The van der Waals surface area contributed by atoms with Crippen LogP contribution in [0.1, 0.15) is 20.3 Å². The van der Waals surface area contributed by atoms with Gasteiger partial charge in [-0.1, -0.05) is 25.4 Å². The van der Waals surface area contributed by atoms with Gasteiger partial charge in [0.1, 0.15) is 10.7 Å². The van der Waals surface area contributed by atoms with Crippen LogP contribution in [0.2, 0.25) is 5.02 Å². The SMILES string of the molecule is CC(C)C(N)CCN(C)S(=O)(=O)c1cc(Cl)cnc1N. The van der Waals surface area contributed by atoms with E-state index in [1.54, 1.807) is 0 Å². The Morgan fingerprint density at radius 3 is 2.60 bits per heavy atom. The van der Waals surface area contributed by atoms with E-state index in [0.717, 1.165) is 0 Å². The molecule has 1 unspecified atom stereocenters. The summed E-state index contributed by atoms with van der Waals surface area (Å²) in [5.74, 6) is 0.235. The van der Waals surface area contributed by atoms with Gasteiger partial charge in [-0.2, -0.15) is 0 Å². The van der Waals surface area contributed by atoms with E-state index in [1.807, 2.05) is 13.8 Å². The number of hydrogen-bond acceptors (Lipinski definition) is 5. The molecule has 20 heavy (non-hydrogen) atoms. The minimum absolute atomic E-state index is 0.0533. The second kappa shape index (κ2) is 6.71. The van der Waals surface area contributed by atoms with Crippen LogP contribution in [0.3, 0.4) is 0 Å². The fourth-order valence-corrected chi connectivity index (χ4v) is 3.09. The molecule has 1 rings (SSSR count). The second-order valence-electron chi connectivity index (χ2n) is 5.06. The van der Waals surface area contributed by atoms with E-state index < -0.39 is 10.0 Å². The maximum atomic E-state index is 12.4. The van der Waals surface area contributed by atoms with Crippen molar-refractivity contribution in [2.45, 2.75) is 31.2 Å². The summed E-state index contributed by atoms with van der Waals surface area (Å²) in [7, 11) is -2.22. The molecule has 0 radical (unpaired) electrons. The zero-order valence-electron chi connectivity index (χ0n) is 11.9. The summed E-state index contributed by atoms with van der Waals surface area (Å²) >= 11 is 5.78. The Labute approximate surface area is 125 Å². The topological polar surface area (TPSA) is 102 Å². The van der Waals surface area contributed by atoms with E-state index in [2.05, 4.69) is 4.98 Å². The number of halogens is 1. The first-order chi connectivity index (χ1) is 9.16. The van der Waals surface area contributed by atoms with Gasteiger partial charge in [-0.3, -0.25) is 0 Å². The van der Waals surface area contributed by atoms with E-state index >= 15 is 0 Å². The van der Waals surface area contributed by atoms with Crippen molar-refractivity contribution in [2.24, 2.45) is 11.7 Å². The van der Waals surface area contributed by atoms with Gasteiger partial charge in [0.25, 0.3) is 0 Å². The third-order valence-electron chi connectivity index (χ3n) is 3.17. The van der Waals surface area contributed by atoms with Crippen LogP contribution >= 0.6 is 11.6 Å². The van der Waals surface area contributed by atoms with Gasteiger partial charge in [0.15, 0.2) is 0 Å². The number of nitrogens with zero attached hydrogens (tertiary/aromatic N) is 2. The predicted molar refractivity (Wildman–Crippen MR) is 80.9 cm³/mol. The molecule has 0 aliphatic heterocycles. The highest BCUT2D eigenvalue weighted by Crippen LogP contribution is 2.23. The van der Waals surface area contributed by atoms with E-state index in [1.165, 1.54) is 23.6 Å². The van der Waals surface area contributed by atoms with Crippen LogP contribution in [0.15, 0.2) is 17.2 Å². The summed E-state index contributed by atoms with van der Waals surface area (Å²) in [5, 5.41) is 0.227. The summed E-state index contributed by atoms with van der Waals surface area (Å²) in [6.45, 7) is 4.31. The summed E-state index contributed by atoms with van der Waals surface area (Å²) in [6, 6.07) is 1.25. The highest BCUT2D eigenvalue weighted by atomic mass is 35.5. The number of pyridine rings is 1. The van der Waals surface area contributed by atoms with Crippen molar-refractivity contribution in [2.75, 3.05) is 19.3 Å². The number of nitrogens with two attached hydrogens (primary N) is 2. The molecule has 0 amide bonds. The van der Waals surface area contributed by atoms with Crippen molar-refractivity contribution in [3.63, 3.8) is 0 Å². The van der Waals surface area contributed by atoms with Crippen LogP contribution < -0.4 is 11.5 Å². The fourth-order valence-electron chi connectivity index (χ4n) is 1.59. The maximum Gasteiger partial charge on any atom is 0.246 e. The van der Waals surface area contributed by atoms with Crippen molar-refractivity contribution in [1.82, 2.24) is 9.29 Å². The summed E-state index contributed by atoms with van der Waals surface area (Å²) in [5.41, 5.74) is 11.5. The molecule has 1 aromatic rings. The van der Waals surface area contributed by atoms with Crippen LogP contribution in [-0.2, 0) is 10.0 Å². The van der Waals surface area contributed by atoms with Crippen LogP contribution in [0.4, 0.5) is 5.82 Å². The Kier molecular flexibility index (Phi) is 5.76. The van der Waals surface area contributed by atoms with Gasteiger partial charge in [0, 0.05) is 25.8 Å². The Morgan fingerprint density at radius 1 is 1.45 bits per heavy atom. The van der Waals surface area contributed by atoms with Gasteiger partial charge in [-0.25, -0.2) is 17.7 Å². The van der Waals surface area contributed by atoms with Crippen LogP contribution in [-0.4, -0.2) is 37.3 Å². The maximum absolute atomic E-state index is 12.4. The molecule has 114 valence electrons. The van der Waals surface area contributed by atoms with Crippen molar-refractivity contribution in [3.05, 3.63) is 17.3 Å². The van der Waals surface area contributed by atoms with Gasteiger partial charge in [0.05, 0.1) is 5.02 Å². The lowest BCUT2D eigenvalue weighted by atomic mass is 10.0. The summed E-state index contributed by atoms with van der Waals surface area (Å²) < 4.78 is 26.0. The quantitative estimate of drug-likeness (QED) is 0.822. The van der Waals surface area contributed by atoms with Crippen molar-refractivity contribution in [1.29, 1.82) is 0 Å². The first kappa shape index (κ1) is 17.2. The average molecular weight is 321 g/mol. The third-order valence-corrected chi connectivity index (χ3v) is 5.26. The second-order valence-corrected chi connectivity index (χ2v) is 7.51. The molecule has 0 aromatic carbocycles. The Balaban J connectivity index is 2.90. The van der Waals surface area contributed by atoms with E-state index in [4.69, 9.17) is 23.1 Å². The van der Waals surface area contributed by atoms with Gasteiger partial charge < -0.3 is 11.5 Å². The number of rotatable bonds is 6. The summed E-state index contributed by atoms with van der Waals surface area (Å²) in [4.78, 5) is 3.69.